The van der Waals surface area contributed by atoms with Crippen LogP contribution in [0.3, 0.4) is 0 Å². The summed E-state index contributed by atoms with van der Waals surface area (Å²) in [4.78, 5) is 22.4. The Labute approximate surface area is 127 Å². The summed E-state index contributed by atoms with van der Waals surface area (Å²) in [6.45, 7) is 1.56. The van der Waals surface area contributed by atoms with Crippen LogP contribution in [-0.4, -0.2) is 23.0 Å². The predicted molar refractivity (Wildman–Crippen MR) is 78.6 cm³/mol. The zero-order valence-corrected chi connectivity index (χ0v) is 12.4. The van der Waals surface area contributed by atoms with Crippen molar-refractivity contribution in [2.75, 3.05) is 0 Å². The van der Waals surface area contributed by atoms with Gasteiger partial charge in [-0.25, -0.2) is 0 Å². The Kier molecular flexibility index (Phi) is 5.01. The van der Waals surface area contributed by atoms with Crippen molar-refractivity contribution in [3.63, 3.8) is 0 Å². The van der Waals surface area contributed by atoms with Gasteiger partial charge >= 0.3 is 5.69 Å². The fourth-order valence-electron chi connectivity index (χ4n) is 2.37. The maximum absolute atomic E-state index is 12.0. The number of nitro groups is 1. The summed E-state index contributed by atoms with van der Waals surface area (Å²) in [7, 11) is 0. The van der Waals surface area contributed by atoms with Gasteiger partial charge in [0.05, 0.1) is 4.92 Å². The quantitative estimate of drug-likeness (QED) is 0.669. The molecule has 0 aromatic heterocycles. The molecule has 1 aliphatic rings. The third-order valence-electron chi connectivity index (χ3n) is 3.49. The highest BCUT2D eigenvalue weighted by Gasteiger charge is 2.24. The Bertz CT molecular complexity index is 544. The van der Waals surface area contributed by atoms with Crippen molar-refractivity contribution >= 4 is 23.2 Å². The molecule has 1 fully saturated rings. The zero-order valence-electron chi connectivity index (χ0n) is 11.7. The van der Waals surface area contributed by atoms with E-state index in [-0.39, 0.29) is 23.4 Å². The van der Waals surface area contributed by atoms with E-state index in [0.29, 0.717) is 5.02 Å². The maximum Gasteiger partial charge on any atom is 0.311 e. The minimum absolute atomic E-state index is 0.00146. The minimum Gasteiger partial charge on any atom is -0.474 e. The molecule has 6 nitrogen and oxygen atoms in total. The van der Waals surface area contributed by atoms with Crippen LogP contribution in [0.25, 0.3) is 0 Å². The summed E-state index contributed by atoms with van der Waals surface area (Å²) in [5, 5.41) is 14.2. The van der Waals surface area contributed by atoms with Gasteiger partial charge in [0.25, 0.3) is 5.91 Å². The number of halogens is 1. The van der Waals surface area contributed by atoms with E-state index in [0.717, 1.165) is 25.7 Å². The molecule has 21 heavy (non-hydrogen) atoms. The van der Waals surface area contributed by atoms with Gasteiger partial charge in [-0.15, -0.1) is 0 Å². The largest absolute Gasteiger partial charge is 0.474 e. The molecule has 0 saturated heterocycles. The Morgan fingerprint density at radius 2 is 2.14 bits per heavy atom. The lowest BCUT2D eigenvalue weighted by molar-refractivity contribution is -0.386. The monoisotopic (exact) mass is 312 g/mol. The smallest absolute Gasteiger partial charge is 0.311 e. The van der Waals surface area contributed by atoms with Gasteiger partial charge in [0.2, 0.25) is 0 Å². The van der Waals surface area contributed by atoms with Gasteiger partial charge in [-0.05, 0) is 25.8 Å². The third kappa shape index (κ3) is 4.07. The number of hydrogen-bond acceptors (Lipinski definition) is 4. The van der Waals surface area contributed by atoms with E-state index in [1.54, 1.807) is 6.92 Å². The second-order valence-electron chi connectivity index (χ2n) is 5.12. The van der Waals surface area contributed by atoms with Crippen LogP contribution in [0, 0.1) is 10.1 Å². The topological polar surface area (TPSA) is 81.5 Å². The van der Waals surface area contributed by atoms with E-state index < -0.39 is 11.0 Å². The molecule has 1 saturated carbocycles. The molecule has 0 bridgehead atoms. The van der Waals surface area contributed by atoms with Crippen molar-refractivity contribution < 1.29 is 14.5 Å². The number of rotatable bonds is 5. The summed E-state index contributed by atoms with van der Waals surface area (Å²) in [5.74, 6) is -0.266. The standard InChI is InChI=1S/C14H17ClN2O4/c1-9(14(18)16-11-4-2-3-5-11)21-13-8-10(15)6-7-12(13)17(19)20/h6-9,11H,2-5H2,1H3,(H,16,18). The molecule has 2 rings (SSSR count). The number of benzene rings is 1. The van der Waals surface area contributed by atoms with Gasteiger partial charge in [-0.2, -0.15) is 0 Å². The average Bonchev–Trinajstić information content (AvgIpc) is 2.91. The number of nitro benzene ring substituents is 1. The maximum atomic E-state index is 12.0. The summed E-state index contributed by atoms with van der Waals surface area (Å²) in [5.41, 5.74) is -0.208. The number of hydrogen-bond donors (Lipinski definition) is 1. The molecule has 0 heterocycles. The summed E-state index contributed by atoms with van der Waals surface area (Å²) in [6, 6.07) is 4.20. The van der Waals surface area contributed by atoms with Crippen molar-refractivity contribution in [1.29, 1.82) is 0 Å². The van der Waals surface area contributed by atoms with Crippen molar-refractivity contribution in [3.05, 3.63) is 33.3 Å². The molecule has 0 spiro atoms. The second-order valence-corrected chi connectivity index (χ2v) is 5.56. The van der Waals surface area contributed by atoms with Gasteiger partial charge < -0.3 is 10.1 Å². The van der Waals surface area contributed by atoms with Gasteiger partial charge in [-0.3, -0.25) is 14.9 Å². The van der Waals surface area contributed by atoms with E-state index in [2.05, 4.69) is 5.32 Å². The normalized spacial score (nSPS) is 16.5. The molecule has 7 heteroatoms. The zero-order chi connectivity index (χ0) is 15.4. The van der Waals surface area contributed by atoms with Crippen molar-refractivity contribution in [1.82, 2.24) is 5.32 Å². The van der Waals surface area contributed by atoms with Crippen LogP contribution in [0.5, 0.6) is 5.75 Å². The first-order chi connectivity index (χ1) is 9.97. The van der Waals surface area contributed by atoms with Crippen LogP contribution in [0.1, 0.15) is 32.6 Å². The summed E-state index contributed by atoms with van der Waals surface area (Å²) in [6.07, 6.45) is 3.34. The number of nitrogens with one attached hydrogen (secondary N) is 1. The molecule has 1 aromatic carbocycles. The first-order valence-electron chi connectivity index (χ1n) is 6.88. The Morgan fingerprint density at radius 1 is 1.48 bits per heavy atom. The van der Waals surface area contributed by atoms with Crippen LogP contribution in [-0.2, 0) is 4.79 Å². The van der Waals surface area contributed by atoms with Crippen LogP contribution in [0.4, 0.5) is 5.69 Å². The number of carbonyl (C=O) groups is 1. The molecular weight excluding hydrogens is 296 g/mol. The van der Waals surface area contributed by atoms with E-state index in [9.17, 15) is 14.9 Å². The fraction of sp³-hybridized carbons (Fsp3) is 0.500. The Morgan fingerprint density at radius 3 is 2.76 bits per heavy atom. The molecule has 0 radical (unpaired) electrons. The molecular formula is C14H17ClN2O4. The fourth-order valence-corrected chi connectivity index (χ4v) is 2.53. The number of ether oxygens (including phenoxy) is 1. The first-order valence-corrected chi connectivity index (χ1v) is 7.26. The second kappa shape index (κ2) is 6.76. The molecule has 1 amide bonds. The SMILES string of the molecule is CC(Oc1cc(Cl)ccc1[N+](=O)[O-])C(=O)NC1CCCC1. The van der Waals surface area contributed by atoms with Crippen LogP contribution in [0.2, 0.25) is 5.02 Å². The van der Waals surface area contributed by atoms with E-state index in [1.807, 2.05) is 0 Å². The molecule has 1 unspecified atom stereocenters. The van der Waals surface area contributed by atoms with Crippen LogP contribution >= 0.6 is 11.6 Å². The van der Waals surface area contributed by atoms with E-state index in [1.165, 1.54) is 18.2 Å². The Hall–Kier alpha value is -1.82. The number of nitrogens with zero attached hydrogens (tertiary/aromatic N) is 1. The van der Waals surface area contributed by atoms with Gasteiger partial charge in [0.15, 0.2) is 11.9 Å². The van der Waals surface area contributed by atoms with Gasteiger partial charge in [-0.1, -0.05) is 24.4 Å². The van der Waals surface area contributed by atoms with E-state index in [4.69, 9.17) is 16.3 Å². The van der Waals surface area contributed by atoms with Crippen molar-refractivity contribution in [3.8, 4) is 5.75 Å². The molecule has 1 atom stereocenters. The molecule has 1 aromatic rings. The van der Waals surface area contributed by atoms with Crippen LogP contribution in [0.15, 0.2) is 18.2 Å². The van der Waals surface area contributed by atoms with Gasteiger partial charge in [0.1, 0.15) is 0 Å². The molecule has 1 N–H and O–H groups in total. The van der Waals surface area contributed by atoms with E-state index >= 15 is 0 Å². The number of amides is 1. The Balaban J connectivity index is 2.04. The highest BCUT2D eigenvalue weighted by molar-refractivity contribution is 6.30. The lowest BCUT2D eigenvalue weighted by Crippen LogP contribution is -2.41. The average molecular weight is 313 g/mol. The minimum atomic E-state index is -0.817. The first kappa shape index (κ1) is 15.6. The molecule has 1 aliphatic carbocycles. The van der Waals surface area contributed by atoms with Crippen LogP contribution < -0.4 is 10.1 Å². The lowest BCUT2D eigenvalue weighted by atomic mass is 10.2. The third-order valence-corrected chi connectivity index (χ3v) is 3.73. The lowest BCUT2D eigenvalue weighted by Gasteiger charge is -2.18. The number of carbonyl (C=O) groups excluding carboxylic acids is 1. The predicted octanol–water partition coefficient (Wildman–Crippen LogP) is 3.07. The highest BCUT2D eigenvalue weighted by Crippen LogP contribution is 2.30. The molecule has 114 valence electrons. The van der Waals surface area contributed by atoms with Crippen molar-refractivity contribution in [2.45, 2.75) is 44.8 Å². The van der Waals surface area contributed by atoms with Crippen molar-refractivity contribution in [2.24, 2.45) is 0 Å². The summed E-state index contributed by atoms with van der Waals surface area (Å²) < 4.78 is 5.42. The highest BCUT2D eigenvalue weighted by atomic mass is 35.5. The summed E-state index contributed by atoms with van der Waals surface area (Å²) >= 11 is 5.82. The molecule has 0 aliphatic heterocycles. The van der Waals surface area contributed by atoms with Gasteiger partial charge in [0, 0.05) is 23.2 Å².